The number of halogens is 2. The molecule has 8 heteroatoms. The molecule has 0 aromatic carbocycles. The van der Waals surface area contributed by atoms with Gasteiger partial charge in [0.15, 0.2) is 5.76 Å². The van der Waals surface area contributed by atoms with Crippen molar-refractivity contribution in [3.8, 4) is 11.5 Å². The Hall–Kier alpha value is -1.08. The molecular weight excluding hydrogens is 393 g/mol. The van der Waals surface area contributed by atoms with Crippen molar-refractivity contribution in [1.29, 1.82) is 0 Å². The van der Waals surface area contributed by atoms with Crippen LogP contribution in [0.3, 0.4) is 0 Å². The van der Waals surface area contributed by atoms with Crippen molar-refractivity contribution in [2.45, 2.75) is 39.2 Å². The number of aromatic nitrogens is 1. The van der Waals surface area contributed by atoms with Gasteiger partial charge in [0.2, 0.25) is 5.91 Å². The van der Waals surface area contributed by atoms with E-state index in [9.17, 15) is 4.79 Å². The van der Waals surface area contributed by atoms with Gasteiger partial charge in [-0.15, -0.1) is 36.2 Å². The Bertz CT molecular complexity index is 748. The summed E-state index contributed by atoms with van der Waals surface area (Å²) < 4.78 is 5.84. The zero-order valence-corrected chi connectivity index (χ0v) is 17.2. The van der Waals surface area contributed by atoms with Crippen LogP contribution < -0.4 is 10.6 Å². The molecule has 4 rings (SSSR count). The van der Waals surface area contributed by atoms with E-state index in [1.165, 1.54) is 6.42 Å². The molecule has 1 saturated heterocycles. The van der Waals surface area contributed by atoms with Crippen LogP contribution in [0.25, 0.3) is 11.5 Å². The van der Waals surface area contributed by atoms with Crippen molar-refractivity contribution in [2.75, 3.05) is 13.1 Å². The number of hydrogen-bond acceptors (Lipinski definition) is 5. The number of fused-ring (bicyclic) bond motifs is 1. The maximum atomic E-state index is 12.9. The van der Waals surface area contributed by atoms with Gasteiger partial charge in [0.05, 0.1) is 17.0 Å². The Morgan fingerprint density at radius 1 is 1.42 bits per heavy atom. The van der Waals surface area contributed by atoms with E-state index in [1.807, 2.05) is 24.4 Å². The number of rotatable bonds is 4. The van der Waals surface area contributed by atoms with E-state index in [0.717, 1.165) is 54.6 Å². The molecule has 3 heterocycles. The van der Waals surface area contributed by atoms with Crippen LogP contribution in [0.4, 0.5) is 0 Å². The highest BCUT2D eigenvalue weighted by molar-refractivity contribution is 7.09. The van der Waals surface area contributed by atoms with E-state index in [0.29, 0.717) is 12.5 Å². The predicted molar refractivity (Wildman–Crippen MR) is 108 cm³/mol. The fourth-order valence-corrected chi connectivity index (χ4v) is 4.72. The van der Waals surface area contributed by atoms with Crippen LogP contribution in [0.2, 0.25) is 0 Å². The molecule has 2 N–H and O–H groups in total. The first-order valence-electron chi connectivity index (χ1n) is 8.68. The lowest BCUT2D eigenvalue weighted by molar-refractivity contribution is -0.134. The Labute approximate surface area is 170 Å². The summed E-state index contributed by atoms with van der Waals surface area (Å²) in [5.41, 5.74) is 0.653. The highest BCUT2D eigenvalue weighted by Gasteiger charge is 2.49. The molecule has 0 spiro atoms. The minimum atomic E-state index is -0.209. The Morgan fingerprint density at radius 2 is 2.27 bits per heavy atom. The predicted octanol–water partition coefficient (Wildman–Crippen LogP) is 3.95. The molecule has 0 bridgehead atoms. The number of carbonyl (C=O) groups is 1. The molecule has 2 aromatic rings. The summed E-state index contributed by atoms with van der Waals surface area (Å²) in [5.74, 6) is 2.20. The molecule has 2 aliphatic rings. The lowest BCUT2D eigenvalue weighted by Gasteiger charge is -2.37. The number of carbonyl (C=O) groups excluding carboxylic acids is 1. The summed E-state index contributed by atoms with van der Waals surface area (Å²) in [5, 5.41) is 9.54. The molecule has 1 saturated carbocycles. The van der Waals surface area contributed by atoms with Crippen molar-refractivity contribution < 1.29 is 9.21 Å². The first-order chi connectivity index (χ1) is 11.7. The van der Waals surface area contributed by atoms with Crippen LogP contribution in [-0.2, 0) is 11.3 Å². The summed E-state index contributed by atoms with van der Waals surface area (Å²) in [6, 6.07) is 3.85. The maximum absolute atomic E-state index is 12.9. The van der Waals surface area contributed by atoms with Gasteiger partial charge in [0.25, 0.3) is 0 Å². The first-order valence-corrected chi connectivity index (χ1v) is 9.55. The summed E-state index contributed by atoms with van der Waals surface area (Å²) in [6.45, 7) is 4.21. The van der Waals surface area contributed by atoms with Gasteiger partial charge >= 0.3 is 0 Å². The third-order valence-electron chi connectivity index (χ3n) is 5.45. The Balaban J connectivity index is 0.00000121. The van der Waals surface area contributed by atoms with Gasteiger partial charge in [0, 0.05) is 11.9 Å². The van der Waals surface area contributed by atoms with Gasteiger partial charge in [-0.3, -0.25) is 4.79 Å². The minimum Gasteiger partial charge on any atom is -0.458 e. The van der Waals surface area contributed by atoms with Gasteiger partial charge < -0.3 is 15.1 Å². The van der Waals surface area contributed by atoms with Crippen LogP contribution in [0.5, 0.6) is 0 Å². The van der Waals surface area contributed by atoms with Crippen LogP contribution >= 0.6 is 36.2 Å². The molecule has 2 fully saturated rings. The van der Waals surface area contributed by atoms with Crippen LogP contribution in [0.15, 0.2) is 21.9 Å². The smallest absolute Gasteiger partial charge is 0.228 e. The second-order valence-corrected chi connectivity index (χ2v) is 7.99. The number of furan rings is 1. The van der Waals surface area contributed by atoms with Gasteiger partial charge in [-0.05, 0) is 44.4 Å². The SMILES string of the molecule is Cc1nc(-c2ccc(CNC(=O)[C@@]34CCCC[C@H]3CNC4)o2)cs1.Cl.Cl. The standard InChI is InChI=1S/C18H23N3O2S.2ClH/c1-12-21-15(10-24-12)16-6-5-14(23-16)9-20-17(22)18-7-3-2-4-13(18)8-19-11-18;;/h5-6,10,13,19H,2-4,7-9,11H2,1H3,(H,20,22);2*1H/t13-,18+;;/m0../s1. The average molecular weight is 418 g/mol. The zero-order chi connectivity index (χ0) is 16.6. The molecule has 2 aromatic heterocycles. The Kier molecular flexibility index (Phi) is 7.13. The van der Waals surface area contributed by atoms with Crippen molar-refractivity contribution in [3.63, 3.8) is 0 Å². The second-order valence-electron chi connectivity index (χ2n) is 6.93. The molecule has 5 nitrogen and oxygen atoms in total. The van der Waals surface area contributed by atoms with Crippen molar-refractivity contribution in [2.24, 2.45) is 11.3 Å². The van der Waals surface area contributed by atoms with Crippen molar-refractivity contribution in [3.05, 3.63) is 28.3 Å². The van der Waals surface area contributed by atoms with E-state index in [2.05, 4.69) is 15.6 Å². The molecule has 144 valence electrons. The molecular formula is C18H25Cl2N3O2S. The molecule has 26 heavy (non-hydrogen) atoms. The van der Waals surface area contributed by atoms with Gasteiger partial charge in [0.1, 0.15) is 11.5 Å². The lowest BCUT2D eigenvalue weighted by Crippen LogP contribution is -2.47. The van der Waals surface area contributed by atoms with E-state index < -0.39 is 0 Å². The monoisotopic (exact) mass is 417 g/mol. The number of hydrogen-bond donors (Lipinski definition) is 2. The zero-order valence-electron chi connectivity index (χ0n) is 14.7. The van der Waals surface area contributed by atoms with E-state index >= 15 is 0 Å². The van der Waals surface area contributed by atoms with Crippen LogP contribution in [0.1, 0.15) is 36.5 Å². The largest absolute Gasteiger partial charge is 0.458 e. The molecule has 1 amide bonds. The lowest BCUT2D eigenvalue weighted by atomic mass is 9.67. The topological polar surface area (TPSA) is 67.2 Å². The average Bonchev–Trinajstić information content (AvgIpc) is 3.31. The number of thiazole rings is 1. The number of aryl methyl sites for hydroxylation is 1. The summed E-state index contributed by atoms with van der Waals surface area (Å²) in [7, 11) is 0. The van der Waals surface area contributed by atoms with Crippen LogP contribution in [0, 0.1) is 18.3 Å². The van der Waals surface area contributed by atoms with E-state index in [-0.39, 0.29) is 36.1 Å². The minimum absolute atomic E-state index is 0. The third-order valence-corrected chi connectivity index (χ3v) is 6.22. The van der Waals surface area contributed by atoms with Crippen LogP contribution in [-0.4, -0.2) is 24.0 Å². The maximum Gasteiger partial charge on any atom is 0.228 e. The fourth-order valence-electron chi connectivity index (χ4n) is 4.12. The third kappa shape index (κ3) is 3.93. The van der Waals surface area contributed by atoms with Gasteiger partial charge in [-0.1, -0.05) is 12.8 Å². The van der Waals surface area contributed by atoms with E-state index in [1.54, 1.807) is 11.3 Å². The molecule has 0 unspecified atom stereocenters. The first kappa shape index (κ1) is 21.2. The molecule has 2 atom stereocenters. The summed E-state index contributed by atoms with van der Waals surface area (Å²) in [4.78, 5) is 17.3. The van der Waals surface area contributed by atoms with Gasteiger partial charge in [-0.25, -0.2) is 4.98 Å². The van der Waals surface area contributed by atoms with E-state index in [4.69, 9.17) is 4.42 Å². The quantitative estimate of drug-likeness (QED) is 0.789. The van der Waals surface area contributed by atoms with Crippen molar-refractivity contribution >= 4 is 42.1 Å². The number of nitrogens with one attached hydrogen (secondary N) is 2. The normalized spacial score (nSPS) is 24.3. The molecule has 1 aliphatic carbocycles. The van der Waals surface area contributed by atoms with Crippen molar-refractivity contribution in [1.82, 2.24) is 15.6 Å². The fraction of sp³-hybridized carbons (Fsp3) is 0.556. The Morgan fingerprint density at radius 3 is 3.04 bits per heavy atom. The number of nitrogens with zero attached hydrogens (tertiary/aromatic N) is 1. The van der Waals surface area contributed by atoms with Gasteiger partial charge in [-0.2, -0.15) is 0 Å². The summed E-state index contributed by atoms with van der Waals surface area (Å²) in [6.07, 6.45) is 4.56. The number of amides is 1. The second kappa shape index (κ2) is 8.74. The molecule has 1 aliphatic heterocycles. The molecule has 0 radical (unpaired) electrons. The highest BCUT2D eigenvalue weighted by atomic mass is 35.5. The highest BCUT2D eigenvalue weighted by Crippen LogP contribution is 2.43. The summed E-state index contributed by atoms with van der Waals surface area (Å²) >= 11 is 1.61.